The number of hydrogen-bond donors (Lipinski definition) is 0. The molecule has 1 fully saturated rings. The van der Waals surface area contributed by atoms with E-state index in [4.69, 9.17) is 0 Å². The van der Waals surface area contributed by atoms with E-state index < -0.39 is 0 Å². The van der Waals surface area contributed by atoms with Crippen LogP contribution in [0.4, 0.5) is 0 Å². The van der Waals surface area contributed by atoms with Crippen LogP contribution in [0.15, 0.2) is 12.7 Å². The topological polar surface area (TPSA) is 23.6 Å². The number of piperazine rings is 1. The van der Waals surface area contributed by atoms with Gasteiger partial charge in [-0.3, -0.25) is 14.6 Å². The molecule has 0 atom stereocenters. The number of Topliss-reactive ketones (excluding diaryl/α,β-unsaturated/α-hetero) is 1. The normalized spacial score (nSPS) is 20.1. The van der Waals surface area contributed by atoms with Crippen molar-refractivity contribution in [1.82, 2.24) is 9.80 Å². The third-order valence-electron chi connectivity index (χ3n) is 2.30. The first-order valence-electron chi connectivity index (χ1n) is 4.77. The molecule has 1 aliphatic heterocycles. The van der Waals surface area contributed by atoms with Gasteiger partial charge in [0, 0.05) is 32.7 Å². The van der Waals surface area contributed by atoms with Gasteiger partial charge in [0.1, 0.15) is 5.78 Å². The minimum atomic E-state index is 0.261. The molecule has 1 aliphatic rings. The highest BCUT2D eigenvalue weighted by Crippen LogP contribution is 2.00. The summed E-state index contributed by atoms with van der Waals surface area (Å²) in [7, 11) is 0. The zero-order chi connectivity index (χ0) is 9.68. The Morgan fingerprint density at radius 3 is 2.31 bits per heavy atom. The average Bonchev–Trinajstić information content (AvgIpc) is 2.08. The van der Waals surface area contributed by atoms with Crippen LogP contribution < -0.4 is 0 Å². The molecule has 0 saturated carbocycles. The van der Waals surface area contributed by atoms with Crippen molar-refractivity contribution in [3.05, 3.63) is 12.7 Å². The molecule has 0 amide bonds. The number of rotatable bonds is 4. The second-order valence-corrected chi connectivity index (χ2v) is 3.57. The molecule has 0 N–H and O–H groups in total. The van der Waals surface area contributed by atoms with E-state index in [0.29, 0.717) is 6.54 Å². The van der Waals surface area contributed by atoms with E-state index in [1.165, 1.54) is 0 Å². The van der Waals surface area contributed by atoms with E-state index in [9.17, 15) is 4.79 Å². The molecule has 3 heteroatoms. The number of carbonyl (C=O) groups excluding carboxylic acids is 1. The van der Waals surface area contributed by atoms with Gasteiger partial charge in [-0.2, -0.15) is 0 Å². The largest absolute Gasteiger partial charge is 0.299 e. The van der Waals surface area contributed by atoms with E-state index in [0.717, 1.165) is 32.7 Å². The van der Waals surface area contributed by atoms with E-state index in [2.05, 4.69) is 16.4 Å². The van der Waals surface area contributed by atoms with Crippen LogP contribution in [-0.4, -0.2) is 54.9 Å². The minimum Gasteiger partial charge on any atom is -0.299 e. The first-order chi connectivity index (χ1) is 6.22. The summed E-state index contributed by atoms with van der Waals surface area (Å²) in [5.41, 5.74) is 0. The predicted octanol–water partition coefficient (Wildman–Crippen LogP) is 0.379. The molecule has 0 bridgehead atoms. The number of hydrogen-bond acceptors (Lipinski definition) is 3. The molecule has 1 rings (SSSR count). The van der Waals surface area contributed by atoms with Crippen molar-refractivity contribution in [2.24, 2.45) is 0 Å². The SMILES string of the molecule is C=CCN1CCN(CC(C)=O)CC1. The quantitative estimate of drug-likeness (QED) is 0.587. The summed E-state index contributed by atoms with van der Waals surface area (Å²) in [6.45, 7) is 11.1. The van der Waals surface area contributed by atoms with E-state index >= 15 is 0 Å². The highest BCUT2D eigenvalue weighted by atomic mass is 16.1. The Labute approximate surface area is 80.0 Å². The van der Waals surface area contributed by atoms with Gasteiger partial charge in [-0.25, -0.2) is 0 Å². The maximum Gasteiger partial charge on any atom is 0.143 e. The fourth-order valence-electron chi connectivity index (χ4n) is 1.63. The molecule has 13 heavy (non-hydrogen) atoms. The Balaban J connectivity index is 2.22. The molecule has 0 spiro atoms. The van der Waals surface area contributed by atoms with Crippen molar-refractivity contribution in [2.45, 2.75) is 6.92 Å². The molecule has 1 saturated heterocycles. The summed E-state index contributed by atoms with van der Waals surface area (Å²) in [6, 6.07) is 0. The Bertz CT molecular complexity index is 183. The molecular weight excluding hydrogens is 164 g/mol. The maximum atomic E-state index is 10.8. The van der Waals surface area contributed by atoms with E-state index in [-0.39, 0.29) is 5.78 Å². The predicted molar refractivity (Wildman–Crippen MR) is 53.8 cm³/mol. The Morgan fingerprint density at radius 2 is 1.85 bits per heavy atom. The van der Waals surface area contributed by atoms with Crippen molar-refractivity contribution >= 4 is 5.78 Å². The van der Waals surface area contributed by atoms with Gasteiger partial charge in [-0.1, -0.05) is 6.08 Å². The van der Waals surface area contributed by atoms with Gasteiger partial charge in [-0.15, -0.1) is 6.58 Å². The molecule has 0 aromatic carbocycles. The third kappa shape index (κ3) is 3.70. The summed E-state index contributed by atoms with van der Waals surface area (Å²) in [5.74, 6) is 0.261. The molecule has 74 valence electrons. The van der Waals surface area contributed by atoms with Crippen molar-refractivity contribution in [3.8, 4) is 0 Å². The smallest absolute Gasteiger partial charge is 0.143 e. The highest BCUT2D eigenvalue weighted by Gasteiger charge is 2.15. The lowest BCUT2D eigenvalue weighted by molar-refractivity contribution is -0.118. The van der Waals surface area contributed by atoms with E-state index in [1.807, 2.05) is 6.08 Å². The molecule has 3 nitrogen and oxygen atoms in total. The summed E-state index contributed by atoms with van der Waals surface area (Å²) >= 11 is 0. The first-order valence-corrected chi connectivity index (χ1v) is 4.77. The average molecular weight is 182 g/mol. The maximum absolute atomic E-state index is 10.8. The Hall–Kier alpha value is -0.670. The highest BCUT2D eigenvalue weighted by molar-refractivity contribution is 5.77. The standard InChI is InChI=1S/C10H18N2O/c1-3-4-11-5-7-12(8-6-11)9-10(2)13/h3H,1,4-9H2,2H3. The van der Waals surface area contributed by atoms with Crippen LogP contribution in [0.5, 0.6) is 0 Å². The van der Waals surface area contributed by atoms with Crippen LogP contribution in [0.1, 0.15) is 6.92 Å². The van der Waals surface area contributed by atoms with Crippen LogP contribution in [0.3, 0.4) is 0 Å². The third-order valence-corrected chi connectivity index (χ3v) is 2.30. The van der Waals surface area contributed by atoms with Crippen LogP contribution in [0.25, 0.3) is 0 Å². The summed E-state index contributed by atoms with van der Waals surface area (Å²) in [6.07, 6.45) is 1.93. The summed E-state index contributed by atoms with van der Waals surface area (Å²) in [4.78, 5) is 15.4. The van der Waals surface area contributed by atoms with Gasteiger partial charge in [0.25, 0.3) is 0 Å². The summed E-state index contributed by atoms with van der Waals surface area (Å²) in [5, 5.41) is 0. The first kappa shape index (κ1) is 10.4. The molecule has 1 heterocycles. The molecule has 0 radical (unpaired) electrons. The Morgan fingerprint density at radius 1 is 1.31 bits per heavy atom. The fourth-order valence-corrected chi connectivity index (χ4v) is 1.63. The van der Waals surface area contributed by atoms with Crippen LogP contribution in [-0.2, 0) is 4.79 Å². The molecule has 0 unspecified atom stereocenters. The van der Waals surface area contributed by atoms with Gasteiger partial charge >= 0.3 is 0 Å². The van der Waals surface area contributed by atoms with Crippen LogP contribution in [0.2, 0.25) is 0 Å². The monoisotopic (exact) mass is 182 g/mol. The van der Waals surface area contributed by atoms with E-state index in [1.54, 1.807) is 6.92 Å². The number of ketones is 1. The Kier molecular flexibility index (Phi) is 4.12. The van der Waals surface area contributed by atoms with Crippen LogP contribution in [0, 0.1) is 0 Å². The fraction of sp³-hybridized carbons (Fsp3) is 0.700. The van der Waals surface area contributed by atoms with Gasteiger partial charge in [0.05, 0.1) is 6.54 Å². The van der Waals surface area contributed by atoms with Gasteiger partial charge < -0.3 is 0 Å². The second-order valence-electron chi connectivity index (χ2n) is 3.57. The molecular formula is C10H18N2O. The van der Waals surface area contributed by atoms with Gasteiger partial charge in [0.2, 0.25) is 0 Å². The minimum absolute atomic E-state index is 0.261. The van der Waals surface area contributed by atoms with Crippen LogP contribution >= 0.6 is 0 Å². The lowest BCUT2D eigenvalue weighted by Gasteiger charge is -2.33. The zero-order valence-corrected chi connectivity index (χ0v) is 8.33. The van der Waals surface area contributed by atoms with Gasteiger partial charge in [0.15, 0.2) is 0 Å². The molecule has 0 aliphatic carbocycles. The molecule has 0 aromatic heterocycles. The second kappa shape index (κ2) is 5.14. The lowest BCUT2D eigenvalue weighted by atomic mass is 10.3. The van der Waals surface area contributed by atoms with Crippen molar-refractivity contribution in [2.75, 3.05) is 39.3 Å². The molecule has 0 aromatic rings. The number of nitrogens with zero attached hydrogens (tertiary/aromatic N) is 2. The summed E-state index contributed by atoms with van der Waals surface area (Å²) < 4.78 is 0. The van der Waals surface area contributed by atoms with Crippen molar-refractivity contribution in [1.29, 1.82) is 0 Å². The number of carbonyl (C=O) groups is 1. The van der Waals surface area contributed by atoms with Crippen molar-refractivity contribution < 1.29 is 4.79 Å². The lowest BCUT2D eigenvalue weighted by Crippen LogP contribution is -2.47. The van der Waals surface area contributed by atoms with Gasteiger partial charge in [-0.05, 0) is 6.92 Å². The zero-order valence-electron chi connectivity index (χ0n) is 8.33. The van der Waals surface area contributed by atoms with Crippen molar-refractivity contribution in [3.63, 3.8) is 0 Å².